The molecule has 2 aliphatic rings. The predicted molar refractivity (Wildman–Crippen MR) is 198 cm³/mol. The maximum absolute atomic E-state index is 6.86. The van der Waals surface area contributed by atoms with Crippen LogP contribution in [0.25, 0.3) is 38.8 Å². The molecule has 5 heteroatoms. The number of hydrogen-bond donors (Lipinski definition) is 0. The molecule has 9 rings (SSSR count). The number of aromatic nitrogens is 2. The summed E-state index contributed by atoms with van der Waals surface area (Å²) in [5, 5.41) is 2.33. The molecule has 0 N–H and O–H groups in total. The number of ether oxygens (including phenoxy) is 2. The van der Waals surface area contributed by atoms with Crippen LogP contribution in [0.5, 0.6) is 11.5 Å². The molecule has 49 heavy (non-hydrogen) atoms. The number of aliphatic imine (C=N–C) groups is 1. The third-order valence-corrected chi connectivity index (χ3v) is 9.86. The minimum Gasteiger partial charge on any atom is -0.471 e. The van der Waals surface area contributed by atoms with E-state index in [1.165, 1.54) is 27.6 Å². The Morgan fingerprint density at radius 1 is 0.735 bits per heavy atom. The van der Waals surface area contributed by atoms with Crippen LogP contribution < -0.4 is 4.74 Å². The van der Waals surface area contributed by atoms with E-state index >= 15 is 0 Å². The molecule has 2 aromatic heterocycles. The number of benzene rings is 5. The van der Waals surface area contributed by atoms with Crippen molar-refractivity contribution in [3.8, 4) is 28.3 Å². The van der Waals surface area contributed by atoms with Gasteiger partial charge in [-0.2, -0.15) is 0 Å². The molecule has 0 saturated carbocycles. The van der Waals surface area contributed by atoms with Gasteiger partial charge in [-0.25, -0.2) is 9.98 Å². The van der Waals surface area contributed by atoms with Crippen molar-refractivity contribution in [2.45, 2.75) is 51.7 Å². The average Bonchev–Trinajstić information content (AvgIpc) is 3.77. The van der Waals surface area contributed by atoms with Crippen molar-refractivity contribution in [3.05, 3.63) is 155 Å². The van der Waals surface area contributed by atoms with E-state index in [1.54, 1.807) is 0 Å². The van der Waals surface area contributed by atoms with E-state index in [2.05, 4.69) is 141 Å². The van der Waals surface area contributed by atoms with Gasteiger partial charge >= 0.3 is 0 Å². The molecule has 2 atom stereocenters. The maximum atomic E-state index is 6.86. The van der Waals surface area contributed by atoms with Gasteiger partial charge in [-0.05, 0) is 94.8 Å². The molecule has 3 heterocycles. The predicted octanol–water partition coefficient (Wildman–Crippen LogP) is 10.7. The number of pyridine rings is 1. The van der Waals surface area contributed by atoms with Crippen LogP contribution >= 0.6 is 0 Å². The molecule has 0 amide bonds. The molecule has 1 aliphatic carbocycles. The standard InChI is InChI=1S/C44H37N3O2/c1-27-16-17-39-38(19-27)37-15-10-18-45-42(37)47(39)33-24-32(44(2,3)4)25-35(26-33)48-34-21-30(28-11-6-5-7-12-28)20-31(22-34)43-46-41-36-14-9-8-13-29(36)23-40(41)49-43/h5-22,24-26,40-41H,23H2,1-4H3/t40-,41+/m0/s1. The molecule has 240 valence electrons. The molecular formula is C44H37N3O2. The molecule has 1 aliphatic heterocycles. The van der Waals surface area contributed by atoms with Crippen molar-refractivity contribution in [1.29, 1.82) is 0 Å². The number of nitrogens with zero attached hydrogens (tertiary/aromatic N) is 3. The normalized spacial score (nSPS) is 16.8. The molecule has 5 aromatic carbocycles. The van der Waals surface area contributed by atoms with Crippen molar-refractivity contribution in [3.63, 3.8) is 0 Å². The zero-order chi connectivity index (χ0) is 33.3. The summed E-state index contributed by atoms with van der Waals surface area (Å²) in [4.78, 5) is 10.00. The van der Waals surface area contributed by atoms with Gasteiger partial charge in [0.05, 0.1) is 11.2 Å². The largest absolute Gasteiger partial charge is 0.471 e. The average molecular weight is 640 g/mol. The van der Waals surface area contributed by atoms with Gasteiger partial charge in [-0.1, -0.05) is 87.0 Å². The Morgan fingerprint density at radius 2 is 1.53 bits per heavy atom. The van der Waals surface area contributed by atoms with Crippen molar-refractivity contribution in [2.75, 3.05) is 0 Å². The third kappa shape index (κ3) is 5.17. The summed E-state index contributed by atoms with van der Waals surface area (Å²) in [5.74, 6) is 2.16. The second kappa shape index (κ2) is 11.2. The number of rotatable bonds is 5. The molecule has 0 bridgehead atoms. The van der Waals surface area contributed by atoms with Gasteiger partial charge in [0.1, 0.15) is 29.3 Å². The summed E-state index contributed by atoms with van der Waals surface area (Å²) in [6.45, 7) is 8.85. The summed E-state index contributed by atoms with van der Waals surface area (Å²) < 4.78 is 15.7. The second-order valence-electron chi connectivity index (χ2n) is 14.3. The van der Waals surface area contributed by atoms with E-state index in [4.69, 9.17) is 19.5 Å². The zero-order valence-corrected chi connectivity index (χ0v) is 28.1. The summed E-state index contributed by atoms with van der Waals surface area (Å²) in [5.41, 5.74) is 11.0. The lowest BCUT2D eigenvalue weighted by atomic mass is 9.86. The van der Waals surface area contributed by atoms with Gasteiger partial charge in [0.2, 0.25) is 5.90 Å². The first-order valence-corrected chi connectivity index (χ1v) is 17.0. The van der Waals surface area contributed by atoms with Crippen molar-refractivity contribution >= 4 is 27.8 Å². The molecule has 0 saturated heterocycles. The minimum atomic E-state index is -0.117. The Bertz CT molecular complexity index is 2430. The van der Waals surface area contributed by atoms with Crippen LogP contribution in [0.3, 0.4) is 0 Å². The summed E-state index contributed by atoms with van der Waals surface area (Å²) in [7, 11) is 0. The van der Waals surface area contributed by atoms with Gasteiger partial charge in [0.25, 0.3) is 0 Å². The highest BCUT2D eigenvalue weighted by Gasteiger charge is 2.39. The molecule has 7 aromatic rings. The molecule has 0 radical (unpaired) electrons. The van der Waals surface area contributed by atoms with Crippen LogP contribution in [0.1, 0.15) is 54.6 Å². The molecule has 0 fully saturated rings. The lowest BCUT2D eigenvalue weighted by Crippen LogP contribution is -2.13. The number of fused-ring (bicyclic) bond motifs is 6. The van der Waals surface area contributed by atoms with Gasteiger partial charge < -0.3 is 9.47 Å². The first kappa shape index (κ1) is 29.5. The molecular weight excluding hydrogens is 603 g/mol. The highest BCUT2D eigenvalue weighted by atomic mass is 16.5. The summed E-state index contributed by atoms with van der Waals surface area (Å²) in [6.07, 6.45) is 2.76. The Labute approximate surface area is 286 Å². The van der Waals surface area contributed by atoms with Crippen LogP contribution in [0, 0.1) is 6.92 Å². The van der Waals surface area contributed by atoms with Crippen LogP contribution in [0.15, 0.2) is 133 Å². The first-order valence-electron chi connectivity index (χ1n) is 17.0. The smallest absolute Gasteiger partial charge is 0.217 e. The maximum Gasteiger partial charge on any atom is 0.217 e. The first-order chi connectivity index (χ1) is 23.8. The number of aryl methyl sites for hydroxylation is 1. The van der Waals surface area contributed by atoms with Crippen LogP contribution in [-0.4, -0.2) is 21.6 Å². The Kier molecular flexibility index (Phi) is 6.73. The van der Waals surface area contributed by atoms with E-state index in [1.807, 2.05) is 18.3 Å². The van der Waals surface area contributed by atoms with Gasteiger partial charge in [0, 0.05) is 35.0 Å². The van der Waals surface area contributed by atoms with Gasteiger partial charge in [-0.15, -0.1) is 0 Å². The van der Waals surface area contributed by atoms with Crippen molar-refractivity contribution in [1.82, 2.24) is 9.55 Å². The summed E-state index contributed by atoms with van der Waals surface area (Å²) >= 11 is 0. The Balaban J connectivity index is 1.17. The Morgan fingerprint density at radius 3 is 2.39 bits per heavy atom. The van der Waals surface area contributed by atoms with E-state index in [-0.39, 0.29) is 17.6 Å². The molecule has 5 nitrogen and oxygen atoms in total. The molecule has 0 unspecified atom stereocenters. The molecule has 0 spiro atoms. The number of hydrogen-bond acceptors (Lipinski definition) is 4. The van der Waals surface area contributed by atoms with E-state index in [0.717, 1.165) is 56.8 Å². The summed E-state index contributed by atoms with van der Waals surface area (Å²) in [6, 6.07) is 42.7. The fraction of sp³-hybridized carbons (Fsp3) is 0.182. The highest BCUT2D eigenvalue weighted by molar-refractivity contribution is 6.08. The topological polar surface area (TPSA) is 48.6 Å². The zero-order valence-electron chi connectivity index (χ0n) is 28.1. The minimum absolute atomic E-state index is 0.0191. The fourth-order valence-corrected chi connectivity index (χ4v) is 7.38. The second-order valence-corrected chi connectivity index (χ2v) is 14.3. The monoisotopic (exact) mass is 639 g/mol. The lowest BCUT2D eigenvalue weighted by molar-refractivity contribution is 0.206. The highest BCUT2D eigenvalue weighted by Crippen LogP contribution is 2.42. The van der Waals surface area contributed by atoms with Crippen LogP contribution in [0.2, 0.25) is 0 Å². The quantitative estimate of drug-likeness (QED) is 0.188. The third-order valence-electron chi connectivity index (χ3n) is 9.86. The Hall–Kier alpha value is -5.68. The van der Waals surface area contributed by atoms with Crippen molar-refractivity contribution < 1.29 is 9.47 Å². The van der Waals surface area contributed by atoms with Crippen LogP contribution in [-0.2, 0) is 16.6 Å². The SMILES string of the molecule is Cc1ccc2c(c1)c1cccnc1n2-c1cc(Oc2cc(C3=N[C@@H]4c5ccccc5C[C@@H]4O3)cc(-c3ccccc3)c2)cc(C(C)(C)C)c1. The van der Waals surface area contributed by atoms with E-state index < -0.39 is 0 Å². The van der Waals surface area contributed by atoms with Crippen LogP contribution in [0.4, 0.5) is 0 Å². The van der Waals surface area contributed by atoms with Gasteiger partial charge in [0.15, 0.2) is 0 Å². The lowest BCUT2D eigenvalue weighted by Gasteiger charge is -2.22. The van der Waals surface area contributed by atoms with E-state index in [9.17, 15) is 0 Å². The van der Waals surface area contributed by atoms with Gasteiger partial charge in [-0.3, -0.25) is 4.57 Å². The van der Waals surface area contributed by atoms with Crippen molar-refractivity contribution in [2.24, 2.45) is 4.99 Å². The fourth-order valence-electron chi connectivity index (χ4n) is 7.38. The van der Waals surface area contributed by atoms with E-state index in [0.29, 0.717) is 5.90 Å².